The zero-order valence-electron chi connectivity index (χ0n) is 11.1. The van der Waals surface area contributed by atoms with E-state index in [0.29, 0.717) is 0 Å². The van der Waals surface area contributed by atoms with Gasteiger partial charge in [0.1, 0.15) is 0 Å². The van der Waals surface area contributed by atoms with Crippen LogP contribution in [0.15, 0.2) is 15.5 Å². The average molecular weight is 423 g/mol. The first-order valence-electron chi connectivity index (χ1n) is 5.58. The molecular weight excluding hydrogens is 417 g/mol. The lowest BCUT2D eigenvalue weighted by Crippen LogP contribution is -2.14. The van der Waals surface area contributed by atoms with Gasteiger partial charge < -0.3 is 0 Å². The van der Waals surface area contributed by atoms with Crippen molar-refractivity contribution in [1.29, 1.82) is 0 Å². The summed E-state index contributed by atoms with van der Waals surface area (Å²) in [5.41, 5.74) is 0. The molecule has 0 aliphatic carbocycles. The highest BCUT2D eigenvalue weighted by atomic mass is 32.2. The van der Waals surface area contributed by atoms with Gasteiger partial charge in [-0.15, -0.1) is 0 Å². The van der Waals surface area contributed by atoms with E-state index in [9.17, 15) is 39.5 Å². The summed E-state index contributed by atoms with van der Waals surface area (Å²) >= 11 is 0.138. The molecule has 0 aromatic carbocycles. The summed E-state index contributed by atoms with van der Waals surface area (Å²) in [7, 11) is 0. The maximum Gasteiger partial charge on any atom is 0.398 e. The highest BCUT2D eigenvalue weighted by molar-refractivity contribution is 8.00. The average Bonchev–Trinajstić information content (AvgIpc) is 2.38. The van der Waals surface area contributed by atoms with Gasteiger partial charge in [0.05, 0.1) is 17.3 Å². The van der Waals surface area contributed by atoms with E-state index in [1.807, 2.05) is 0 Å². The number of nitrogens with zero attached hydrogens (tertiary/aromatic N) is 3. The van der Waals surface area contributed by atoms with Crippen molar-refractivity contribution >= 4 is 35.3 Å². The first-order valence-corrected chi connectivity index (χ1v) is 8.54. The van der Waals surface area contributed by atoms with Gasteiger partial charge >= 0.3 is 18.5 Å². The first-order chi connectivity index (χ1) is 10.7. The zero-order valence-corrected chi connectivity index (χ0v) is 13.5. The predicted molar refractivity (Wildman–Crippen MR) is 70.2 cm³/mol. The maximum atomic E-state index is 12.2. The number of thioether (sulfide) groups is 3. The van der Waals surface area contributed by atoms with Crippen LogP contribution in [0, 0.1) is 0 Å². The molecule has 1 aromatic rings. The highest BCUT2D eigenvalue weighted by Gasteiger charge is 2.31. The monoisotopic (exact) mass is 423 g/mol. The van der Waals surface area contributed by atoms with Crippen molar-refractivity contribution in [2.45, 2.75) is 34.0 Å². The summed E-state index contributed by atoms with van der Waals surface area (Å²) in [6.07, 6.45) is -13.8. The first kappa shape index (κ1) is 21.5. The van der Waals surface area contributed by atoms with E-state index in [1.165, 1.54) is 0 Å². The second kappa shape index (κ2) is 8.21. The predicted octanol–water partition coefficient (Wildman–Crippen LogP) is 4.83. The third-order valence-electron chi connectivity index (χ3n) is 1.67. The lowest BCUT2D eigenvalue weighted by atomic mass is 10.8. The van der Waals surface area contributed by atoms with E-state index in [0.717, 1.165) is 0 Å². The number of rotatable bonds is 6. The number of halogens is 9. The molecule has 24 heavy (non-hydrogen) atoms. The molecule has 0 unspecified atom stereocenters. The van der Waals surface area contributed by atoms with Gasteiger partial charge in [0.2, 0.25) is 0 Å². The summed E-state index contributed by atoms with van der Waals surface area (Å²) in [4.78, 5) is 10.2. The fourth-order valence-corrected chi connectivity index (χ4v) is 2.91. The van der Waals surface area contributed by atoms with Crippen LogP contribution in [-0.4, -0.2) is 50.7 Å². The number of hydrogen-bond acceptors (Lipinski definition) is 6. The van der Waals surface area contributed by atoms with Gasteiger partial charge in [0.25, 0.3) is 0 Å². The molecule has 0 spiro atoms. The summed E-state index contributed by atoms with van der Waals surface area (Å²) in [6.45, 7) is 0. The Bertz CT molecular complexity index is 455. The Balaban J connectivity index is 2.91. The molecule has 1 rings (SSSR count). The molecule has 0 bridgehead atoms. The van der Waals surface area contributed by atoms with Crippen molar-refractivity contribution in [2.75, 3.05) is 17.3 Å². The van der Waals surface area contributed by atoms with Crippen LogP contribution >= 0.6 is 35.3 Å². The number of aromatic nitrogens is 3. The molecule has 1 aromatic heterocycles. The van der Waals surface area contributed by atoms with Gasteiger partial charge in [0.15, 0.2) is 15.5 Å². The Labute approximate surface area is 141 Å². The lowest BCUT2D eigenvalue weighted by Gasteiger charge is -2.09. The zero-order chi connectivity index (χ0) is 18.6. The van der Waals surface area contributed by atoms with Crippen molar-refractivity contribution < 1.29 is 39.5 Å². The molecule has 0 fully saturated rings. The van der Waals surface area contributed by atoms with Gasteiger partial charge in [-0.3, -0.25) is 0 Å². The Kier molecular flexibility index (Phi) is 7.34. The van der Waals surface area contributed by atoms with Gasteiger partial charge in [-0.25, -0.2) is 0 Å². The summed E-state index contributed by atoms with van der Waals surface area (Å²) in [5.74, 6) is -4.32. The molecule has 0 saturated carbocycles. The molecule has 0 aliphatic rings. The van der Waals surface area contributed by atoms with Crippen LogP contribution in [0.1, 0.15) is 0 Å². The van der Waals surface area contributed by atoms with Crippen LogP contribution in [0.3, 0.4) is 0 Å². The summed E-state index contributed by atoms with van der Waals surface area (Å²) < 4.78 is 109. The molecule has 0 aliphatic heterocycles. The molecule has 0 amide bonds. The minimum Gasteiger partial charge on any atom is -0.196 e. The van der Waals surface area contributed by atoms with E-state index in [1.54, 1.807) is 0 Å². The van der Waals surface area contributed by atoms with Gasteiger partial charge in [-0.05, 0) is 0 Å². The van der Waals surface area contributed by atoms with Crippen LogP contribution < -0.4 is 0 Å². The van der Waals surface area contributed by atoms with Crippen molar-refractivity contribution in [1.82, 2.24) is 15.0 Å². The minimum atomic E-state index is -4.60. The second-order valence-corrected chi connectivity index (χ2v) is 6.72. The van der Waals surface area contributed by atoms with E-state index < -0.39 is 51.3 Å². The third-order valence-corrected chi connectivity index (χ3v) is 4.41. The number of hydrogen-bond donors (Lipinski definition) is 0. The summed E-state index contributed by atoms with van der Waals surface area (Å²) in [5, 5.41) is -1.80. The van der Waals surface area contributed by atoms with E-state index in [-0.39, 0.29) is 35.3 Å². The van der Waals surface area contributed by atoms with Crippen LogP contribution in [0.25, 0.3) is 0 Å². The molecule has 0 N–H and O–H groups in total. The molecule has 0 radical (unpaired) electrons. The molecule has 0 atom stereocenters. The topological polar surface area (TPSA) is 38.7 Å². The lowest BCUT2D eigenvalue weighted by molar-refractivity contribution is -0.106. The Morgan fingerprint density at radius 1 is 0.500 bits per heavy atom. The van der Waals surface area contributed by atoms with Gasteiger partial charge in [-0.2, -0.15) is 54.5 Å². The molecule has 3 nitrogen and oxygen atoms in total. The second-order valence-electron chi connectivity index (χ2n) is 3.89. The quantitative estimate of drug-likeness (QED) is 0.482. The van der Waals surface area contributed by atoms with Crippen LogP contribution in [0.4, 0.5) is 39.5 Å². The molecule has 1 heterocycles. The minimum absolute atomic E-state index is 0.0460. The van der Waals surface area contributed by atoms with Crippen LogP contribution in [-0.2, 0) is 0 Å². The Morgan fingerprint density at radius 3 is 0.875 bits per heavy atom. The van der Waals surface area contributed by atoms with E-state index in [2.05, 4.69) is 15.0 Å². The van der Waals surface area contributed by atoms with Gasteiger partial charge in [0, 0.05) is 0 Å². The van der Waals surface area contributed by atoms with E-state index >= 15 is 0 Å². The SMILES string of the molecule is FC(F)(F)CSc1nc(SCC(F)(F)F)nc(SCC(F)(F)F)n1. The standard InChI is InChI=1S/C9H6F9N3S3/c10-7(11,12)1-22-4-19-5(23-2-8(13,14)15)21-6(20-4)24-3-9(16,17)18/h1-3H2. The molecule has 15 heteroatoms. The fraction of sp³-hybridized carbons (Fsp3) is 0.667. The fourth-order valence-electron chi connectivity index (χ4n) is 0.953. The Hall–Kier alpha value is -0.570. The molecular formula is C9H6F9N3S3. The normalized spacial score (nSPS) is 13.4. The number of alkyl halides is 9. The van der Waals surface area contributed by atoms with Crippen LogP contribution in [0.5, 0.6) is 0 Å². The third kappa shape index (κ3) is 10.3. The van der Waals surface area contributed by atoms with Gasteiger partial charge in [-0.1, -0.05) is 35.3 Å². The molecule has 0 saturated heterocycles. The maximum absolute atomic E-state index is 12.2. The van der Waals surface area contributed by atoms with Crippen molar-refractivity contribution in [3.63, 3.8) is 0 Å². The van der Waals surface area contributed by atoms with Crippen molar-refractivity contribution in [3.8, 4) is 0 Å². The molecule has 138 valence electrons. The smallest absolute Gasteiger partial charge is 0.196 e. The Morgan fingerprint density at radius 2 is 0.708 bits per heavy atom. The van der Waals surface area contributed by atoms with Crippen LogP contribution in [0.2, 0.25) is 0 Å². The highest BCUT2D eigenvalue weighted by Crippen LogP contribution is 2.31. The van der Waals surface area contributed by atoms with E-state index in [4.69, 9.17) is 0 Å². The summed E-state index contributed by atoms with van der Waals surface area (Å²) in [6, 6.07) is 0. The van der Waals surface area contributed by atoms with Crippen molar-refractivity contribution in [2.24, 2.45) is 0 Å². The van der Waals surface area contributed by atoms with Crippen molar-refractivity contribution in [3.05, 3.63) is 0 Å². The largest absolute Gasteiger partial charge is 0.398 e.